The number of rotatable bonds is 7. The molecule has 9 nitrogen and oxygen atoms in total. The van der Waals surface area contributed by atoms with Crippen molar-refractivity contribution in [1.82, 2.24) is 0 Å². The van der Waals surface area contributed by atoms with Crippen molar-refractivity contribution < 1.29 is 32.6 Å². The average Bonchev–Trinajstić information content (AvgIpc) is 2.78. The summed E-state index contributed by atoms with van der Waals surface area (Å²) in [4.78, 5) is 24.1. The van der Waals surface area contributed by atoms with Crippen molar-refractivity contribution in [3.8, 4) is 22.8 Å². The quantitative estimate of drug-likeness (QED) is 0.362. The zero-order chi connectivity index (χ0) is 24.5. The highest BCUT2D eigenvalue weighted by Gasteiger charge is 2.17. The Morgan fingerprint density at radius 3 is 2.47 bits per heavy atom. The molecule has 0 saturated carbocycles. The van der Waals surface area contributed by atoms with Crippen LogP contribution in [-0.4, -0.2) is 30.9 Å². The molecular formula is C24H19NO8S. The molecule has 3 N–H and O–H groups in total. The van der Waals surface area contributed by atoms with Gasteiger partial charge >= 0.3 is 5.97 Å². The Morgan fingerprint density at radius 1 is 1.06 bits per heavy atom. The van der Waals surface area contributed by atoms with Crippen molar-refractivity contribution in [2.75, 3.05) is 11.0 Å². The largest absolute Gasteiger partial charge is 0.489 e. The van der Waals surface area contributed by atoms with Gasteiger partial charge in [0.2, 0.25) is 15.5 Å². The smallest absolute Gasteiger partial charge is 0.335 e. The molecular weight excluding hydrogens is 462 g/mol. The van der Waals surface area contributed by atoms with E-state index in [1.807, 2.05) is 0 Å². The molecule has 0 unspecified atom stereocenters. The van der Waals surface area contributed by atoms with Crippen molar-refractivity contribution in [2.24, 2.45) is 0 Å². The number of hydrogen-bond donors (Lipinski definition) is 3. The van der Waals surface area contributed by atoms with E-state index in [0.29, 0.717) is 22.6 Å². The summed E-state index contributed by atoms with van der Waals surface area (Å²) < 4.78 is 36.2. The standard InChI is InChI=1S/C24H19NO8S/c1-34(30,31)25-17-7-5-15(6-8-17)21-22(26)19-10-9-18(12-20(19)33-24(21)29)32-13-14-3-2-4-16(11-14)23(27)28/h2-12,25,29H,13H2,1H3,(H,27,28). The van der Waals surface area contributed by atoms with Crippen LogP contribution in [0.1, 0.15) is 15.9 Å². The molecule has 0 aliphatic rings. The van der Waals surface area contributed by atoms with Crippen LogP contribution in [-0.2, 0) is 16.6 Å². The molecule has 34 heavy (non-hydrogen) atoms. The Labute approximate surface area is 193 Å². The Kier molecular flexibility index (Phi) is 5.99. The molecule has 3 aromatic carbocycles. The van der Waals surface area contributed by atoms with Gasteiger partial charge in [0.05, 0.1) is 17.2 Å². The fourth-order valence-corrected chi connectivity index (χ4v) is 3.95. The first-order chi connectivity index (χ1) is 16.1. The minimum atomic E-state index is -3.45. The number of benzene rings is 3. The SMILES string of the molecule is CS(=O)(=O)Nc1ccc(-c2c(O)oc3cc(OCc4cccc(C(=O)O)c4)ccc3c2=O)cc1. The Balaban J connectivity index is 1.61. The highest BCUT2D eigenvalue weighted by Crippen LogP contribution is 2.31. The van der Waals surface area contributed by atoms with Gasteiger partial charge in [0.15, 0.2) is 0 Å². The number of hydrogen-bond acceptors (Lipinski definition) is 7. The number of sulfonamides is 1. The number of carbonyl (C=O) groups is 1. The predicted molar refractivity (Wildman–Crippen MR) is 126 cm³/mol. The molecule has 0 amide bonds. The second-order valence-corrected chi connectivity index (χ2v) is 9.26. The molecule has 0 aliphatic carbocycles. The molecule has 1 aromatic heterocycles. The minimum Gasteiger partial charge on any atom is -0.489 e. The lowest BCUT2D eigenvalue weighted by molar-refractivity contribution is 0.0696. The highest BCUT2D eigenvalue weighted by molar-refractivity contribution is 7.92. The average molecular weight is 481 g/mol. The van der Waals surface area contributed by atoms with E-state index in [-0.39, 0.29) is 28.7 Å². The van der Waals surface area contributed by atoms with Gasteiger partial charge in [-0.05, 0) is 47.5 Å². The summed E-state index contributed by atoms with van der Waals surface area (Å²) in [5, 5.41) is 19.7. The summed E-state index contributed by atoms with van der Waals surface area (Å²) in [6.45, 7) is 0.0921. The van der Waals surface area contributed by atoms with Gasteiger partial charge in [-0.1, -0.05) is 24.3 Å². The Morgan fingerprint density at radius 2 is 1.79 bits per heavy atom. The van der Waals surface area contributed by atoms with Crippen LogP contribution in [0.5, 0.6) is 11.7 Å². The lowest BCUT2D eigenvalue weighted by Gasteiger charge is -2.10. The monoisotopic (exact) mass is 481 g/mol. The van der Waals surface area contributed by atoms with Crippen LogP contribution >= 0.6 is 0 Å². The van der Waals surface area contributed by atoms with E-state index < -0.39 is 27.4 Å². The van der Waals surface area contributed by atoms with Gasteiger partial charge in [-0.3, -0.25) is 9.52 Å². The second-order valence-electron chi connectivity index (χ2n) is 7.52. The molecule has 0 spiro atoms. The van der Waals surface area contributed by atoms with Gasteiger partial charge < -0.3 is 19.4 Å². The lowest BCUT2D eigenvalue weighted by atomic mass is 10.0. The molecule has 0 saturated heterocycles. The molecule has 0 radical (unpaired) electrons. The maximum Gasteiger partial charge on any atom is 0.335 e. The van der Waals surface area contributed by atoms with E-state index in [4.69, 9.17) is 14.3 Å². The van der Waals surface area contributed by atoms with Crippen LogP contribution in [0.2, 0.25) is 0 Å². The van der Waals surface area contributed by atoms with E-state index in [1.54, 1.807) is 18.2 Å². The third kappa shape index (κ3) is 5.02. The van der Waals surface area contributed by atoms with E-state index in [1.165, 1.54) is 48.5 Å². The first-order valence-corrected chi connectivity index (χ1v) is 11.8. The van der Waals surface area contributed by atoms with Crippen molar-refractivity contribution in [1.29, 1.82) is 0 Å². The minimum absolute atomic E-state index is 0.0578. The third-order valence-corrected chi connectivity index (χ3v) is 5.51. The number of aromatic hydroxyl groups is 1. The lowest BCUT2D eigenvalue weighted by Crippen LogP contribution is -2.09. The van der Waals surface area contributed by atoms with Gasteiger partial charge in [0.25, 0.3) is 5.95 Å². The fraction of sp³-hybridized carbons (Fsp3) is 0.0833. The van der Waals surface area contributed by atoms with Gasteiger partial charge in [-0.15, -0.1) is 0 Å². The van der Waals surface area contributed by atoms with Crippen LogP contribution in [0.3, 0.4) is 0 Å². The van der Waals surface area contributed by atoms with Gasteiger partial charge in [-0.2, -0.15) is 0 Å². The van der Waals surface area contributed by atoms with Crippen LogP contribution < -0.4 is 14.9 Å². The van der Waals surface area contributed by atoms with Crippen molar-refractivity contribution in [3.63, 3.8) is 0 Å². The third-order valence-electron chi connectivity index (χ3n) is 4.90. The van der Waals surface area contributed by atoms with E-state index in [9.17, 15) is 23.1 Å². The number of nitrogens with one attached hydrogen (secondary N) is 1. The molecule has 174 valence electrons. The summed E-state index contributed by atoms with van der Waals surface area (Å²) in [5.41, 5.74) is 1.04. The normalized spacial score (nSPS) is 11.3. The first-order valence-electron chi connectivity index (χ1n) is 9.94. The summed E-state index contributed by atoms with van der Waals surface area (Å²) >= 11 is 0. The number of carboxylic acids is 1. The summed E-state index contributed by atoms with van der Waals surface area (Å²) in [6.07, 6.45) is 1.02. The van der Waals surface area contributed by atoms with Crippen molar-refractivity contribution in [3.05, 3.63) is 88.1 Å². The van der Waals surface area contributed by atoms with Crippen LogP contribution in [0.25, 0.3) is 22.1 Å². The van der Waals surface area contributed by atoms with Gasteiger partial charge in [0.1, 0.15) is 23.5 Å². The second kappa shape index (κ2) is 8.91. The molecule has 10 heteroatoms. The summed E-state index contributed by atoms with van der Waals surface area (Å²) in [6, 6.07) is 16.8. The van der Waals surface area contributed by atoms with E-state index >= 15 is 0 Å². The predicted octanol–water partition coefficient (Wildman–Crippen LogP) is 3.81. The molecule has 0 fully saturated rings. The van der Waals surface area contributed by atoms with E-state index in [2.05, 4.69) is 4.72 Å². The number of aromatic carboxylic acids is 1. The Hall–Kier alpha value is -4.31. The van der Waals surface area contributed by atoms with E-state index in [0.717, 1.165) is 6.26 Å². The Bertz CT molecular complexity index is 1560. The summed E-state index contributed by atoms with van der Waals surface area (Å²) in [7, 11) is -3.45. The maximum atomic E-state index is 13.0. The molecule has 4 aromatic rings. The summed E-state index contributed by atoms with van der Waals surface area (Å²) in [5.74, 6) is -1.27. The molecule has 0 atom stereocenters. The molecule has 1 heterocycles. The molecule has 0 aliphatic heterocycles. The van der Waals surface area contributed by atoms with Crippen LogP contribution in [0, 0.1) is 0 Å². The van der Waals surface area contributed by atoms with Crippen LogP contribution in [0.15, 0.2) is 75.9 Å². The zero-order valence-corrected chi connectivity index (χ0v) is 18.6. The highest BCUT2D eigenvalue weighted by atomic mass is 32.2. The molecule has 0 bridgehead atoms. The number of ether oxygens (including phenoxy) is 1. The molecule has 4 rings (SSSR count). The fourth-order valence-electron chi connectivity index (χ4n) is 3.39. The zero-order valence-electron chi connectivity index (χ0n) is 17.8. The van der Waals surface area contributed by atoms with Crippen LogP contribution in [0.4, 0.5) is 5.69 Å². The van der Waals surface area contributed by atoms with Crippen molar-refractivity contribution >= 4 is 32.6 Å². The topological polar surface area (TPSA) is 143 Å². The maximum absolute atomic E-state index is 13.0. The number of carboxylic acid groups (broad SMARTS) is 1. The van der Waals surface area contributed by atoms with Gasteiger partial charge in [-0.25, -0.2) is 13.2 Å². The number of fused-ring (bicyclic) bond motifs is 1. The van der Waals surface area contributed by atoms with Gasteiger partial charge in [0, 0.05) is 11.8 Å². The van der Waals surface area contributed by atoms with Crippen molar-refractivity contribution in [2.45, 2.75) is 6.61 Å². The first kappa shape index (κ1) is 22.9. The number of anilines is 1.